The number of rotatable bonds is 6. The highest BCUT2D eigenvalue weighted by molar-refractivity contribution is 5.41. The molecule has 0 saturated carbocycles. The van der Waals surface area contributed by atoms with Crippen LogP contribution in [0.2, 0.25) is 0 Å². The van der Waals surface area contributed by atoms with Crippen molar-refractivity contribution in [2.75, 3.05) is 26.3 Å². The van der Waals surface area contributed by atoms with E-state index in [-0.39, 0.29) is 6.10 Å². The third-order valence-electron chi connectivity index (χ3n) is 4.36. The molecule has 2 aromatic carbocycles. The van der Waals surface area contributed by atoms with Gasteiger partial charge in [-0.1, -0.05) is 42.5 Å². The van der Waals surface area contributed by atoms with Crippen LogP contribution in [0, 0.1) is 0 Å². The summed E-state index contributed by atoms with van der Waals surface area (Å²) in [6, 6.07) is 18.0. The Hall–Kier alpha value is -2.04. The second-order valence-electron chi connectivity index (χ2n) is 6.02. The van der Waals surface area contributed by atoms with Crippen molar-refractivity contribution in [2.45, 2.75) is 25.6 Å². The first-order valence-electron chi connectivity index (χ1n) is 8.52. The molecule has 1 aliphatic heterocycles. The van der Waals surface area contributed by atoms with E-state index in [1.54, 1.807) is 0 Å². The second-order valence-corrected chi connectivity index (χ2v) is 6.02. The molecule has 1 N–H and O–H groups in total. The zero-order valence-electron chi connectivity index (χ0n) is 14.3. The Morgan fingerprint density at radius 2 is 1.79 bits per heavy atom. The second kappa shape index (κ2) is 7.69. The zero-order chi connectivity index (χ0) is 16.8. The van der Waals surface area contributed by atoms with E-state index >= 15 is 0 Å². The lowest BCUT2D eigenvalue weighted by molar-refractivity contribution is -0.0999. The van der Waals surface area contributed by atoms with Gasteiger partial charge in [0.05, 0.1) is 13.2 Å². The van der Waals surface area contributed by atoms with Crippen LogP contribution in [0.3, 0.4) is 0 Å². The first-order valence-corrected chi connectivity index (χ1v) is 8.52. The van der Waals surface area contributed by atoms with Crippen LogP contribution in [-0.2, 0) is 10.3 Å². The van der Waals surface area contributed by atoms with Crippen molar-refractivity contribution in [2.24, 2.45) is 0 Å². The smallest absolute Gasteiger partial charge is 0.162 e. The van der Waals surface area contributed by atoms with Crippen LogP contribution in [0.25, 0.3) is 0 Å². The normalized spacial score (nSPS) is 20.2. The van der Waals surface area contributed by atoms with Crippen molar-refractivity contribution in [3.63, 3.8) is 0 Å². The minimum Gasteiger partial charge on any atom is -0.490 e. The lowest BCUT2D eigenvalue weighted by Crippen LogP contribution is -2.52. The molecule has 0 aliphatic carbocycles. The van der Waals surface area contributed by atoms with Gasteiger partial charge >= 0.3 is 0 Å². The summed E-state index contributed by atoms with van der Waals surface area (Å²) in [5.74, 6) is 1.49. The van der Waals surface area contributed by atoms with Gasteiger partial charge in [-0.25, -0.2) is 0 Å². The van der Waals surface area contributed by atoms with Crippen LogP contribution in [-0.4, -0.2) is 32.4 Å². The largest absolute Gasteiger partial charge is 0.490 e. The van der Waals surface area contributed by atoms with Gasteiger partial charge in [0.1, 0.15) is 6.10 Å². The molecule has 1 fully saturated rings. The molecule has 4 nitrogen and oxygen atoms in total. The predicted molar refractivity (Wildman–Crippen MR) is 94.6 cm³/mol. The fourth-order valence-electron chi connectivity index (χ4n) is 3.04. The summed E-state index contributed by atoms with van der Waals surface area (Å²) < 4.78 is 18.3. The predicted octanol–water partition coefficient (Wildman–Crippen LogP) is 3.37. The first kappa shape index (κ1) is 16.8. The maximum Gasteiger partial charge on any atom is 0.162 e. The molecule has 0 radical (unpaired) electrons. The van der Waals surface area contributed by atoms with Crippen LogP contribution in [0.15, 0.2) is 54.6 Å². The number of hydrogen-bond acceptors (Lipinski definition) is 4. The summed E-state index contributed by atoms with van der Waals surface area (Å²) in [4.78, 5) is 0. The summed E-state index contributed by atoms with van der Waals surface area (Å²) in [5.41, 5.74) is 0.479. The van der Waals surface area contributed by atoms with E-state index in [1.165, 1.54) is 0 Å². The fourth-order valence-corrected chi connectivity index (χ4v) is 3.04. The molecule has 2 atom stereocenters. The molecule has 0 unspecified atom stereocenters. The molecule has 0 spiro atoms. The van der Waals surface area contributed by atoms with Crippen LogP contribution in [0.4, 0.5) is 0 Å². The molecule has 0 bridgehead atoms. The molecular weight excluding hydrogens is 302 g/mol. The maximum absolute atomic E-state index is 6.52. The van der Waals surface area contributed by atoms with E-state index in [0.717, 1.165) is 30.2 Å². The van der Waals surface area contributed by atoms with E-state index in [1.807, 2.05) is 49.4 Å². The molecule has 4 heteroatoms. The van der Waals surface area contributed by atoms with Gasteiger partial charge in [0.2, 0.25) is 0 Å². The Balaban J connectivity index is 1.96. The maximum atomic E-state index is 6.52. The first-order chi connectivity index (χ1) is 11.7. The number of para-hydroxylation sites is 2. The van der Waals surface area contributed by atoms with Crippen molar-refractivity contribution in [3.8, 4) is 11.5 Å². The van der Waals surface area contributed by atoms with Gasteiger partial charge in [-0.3, -0.25) is 0 Å². The van der Waals surface area contributed by atoms with E-state index < -0.39 is 5.60 Å². The van der Waals surface area contributed by atoms with Crippen LogP contribution < -0.4 is 14.8 Å². The Kier molecular flexibility index (Phi) is 5.38. The summed E-state index contributed by atoms with van der Waals surface area (Å²) in [6.07, 6.45) is -0.0802. The summed E-state index contributed by atoms with van der Waals surface area (Å²) in [5, 5.41) is 3.40. The summed E-state index contributed by atoms with van der Waals surface area (Å²) in [6.45, 7) is 6.97. The molecule has 128 valence electrons. The molecule has 2 aromatic rings. The van der Waals surface area contributed by atoms with E-state index in [2.05, 4.69) is 24.4 Å². The van der Waals surface area contributed by atoms with Gasteiger partial charge in [-0.05, 0) is 31.5 Å². The van der Waals surface area contributed by atoms with Gasteiger partial charge in [0, 0.05) is 13.1 Å². The standard InChI is InChI=1S/C20H25NO3/c1-3-22-17-11-7-8-12-18(17)24-20(2,16-9-5-4-6-10-16)19-15-21-13-14-23-19/h4-12,19,21H,3,13-15H2,1-2H3/t19-,20+/m1/s1. The van der Waals surface area contributed by atoms with E-state index in [0.29, 0.717) is 13.2 Å². The molecule has 3 rings (SSSR count). The van der Waals surface area contributed by atoms with Crippen molar-refractivity contribution in [1.29, 1.82) is 0 Å². The van der Waals surface area contributed by atoms with Gasteiger partial charge in [0.15, 0.2) is 17.1 Å². The Bertz CT molecular complexity index is 640. The number of nitrogens with one attached hydrogen (secondary N) is 1. The topological polar surface area (TPSA) is 39.7 Å². The van der Waals surface area contributed by atoms with Crippen molar-refractivity contribution in [1.82, 2.24) is 5.32 Å². The highest BCUT2D eigenvalue weighted by atomic mass is 16.6. The zero-order valence-corrected chi connectivity index (χ0v) is 14.3. The average Bonchev–Trinajstić information content (AvgIpc) is 2.65. The highest BCUT2D eigenvalue weighted by Gasteiger charge is 2.40. The fraction of sp³-hybridized carbons (Fsp3) is 0.400. The molecule has 1 aliphatic rings. The summed E-state index contributed by atoms with van der Waals surface area (Å²) in [7, 11) is 0. The molecule has 0 amide bonds. The lowest BCUT2D eigenvalue weighted by Gasteiger charge is -2.40. The Labute approximate surface area is 143 Å². The Morgan fingerprint density at radius 1 is 1.08 bits per heavy atom. The molecule has 1 heterocycles. The number of ether oxygens (including phenoxy) is 3. The minimum absolute atomic E-state index is 0.0802. The van der Waals surface area contributed by atoms with Gasteiger partial charge in [0.25, 0.3) is 0 Å². The third-order valence-corrected chi connectivity index (χ3v) is 4.36. The number of hydrogen-bond donors (Lipinski definition) is 1. The lowest BCUT2D eigenvalue weighted by atomic mass is 9.88. The van der Waals surface area contributed by atoms with Gasteiger partial charge < -0.3 is 19.5 Å². The monoisotopic (exact) mass is 327 g/mol. The average molecular weight is 327 g/mol. The molecule has 0 aromatic heterocycles. The van der Waals surface area contributed by atoms with Crippen LogP contribution in [0.1, 0.15) is 19.4 Å². The minimum atomic E-state index is -0.609. The van der Waals surface area contributed by atoms with Crippen LogP contribution >= 0.6 is 0 Å². The number of morpholine rings is 1. The molecule has 24 heavy (non-hydrogen) atoms. The SMILES string of the molecule is CCOc1ccccc1O[C@@](C)(c1ccccc1)[C@H]1CNCCO1. The Morgan fingerprint density at radius 3 is 2.46 bits per heavy atom. The van der Waals surface area contributed by atoms with Crippen molar-refractivity contribution >= 4 is 0 Å². The van der Waals surface area contributed by atoms with E-state index in [4.69, 9.17) is 14.2 Å². The van der Waals surface area contributed by atoms with Gasteiger partial charge in [-0.15, -0.1) is 0 Å². The highest BCUT2D eigenvalue weighted by Crippen LogP contribution is 2.37. The molecule has 1 saturated heterocycles. The van der Waals surface area contributed by atoms with Crippen molar-refractivity contribution in [3.05, 3.63) is 60.2 Å². The summed E-state index contributed by atoms with van der Waals surface area (Å²) >= 11 is 0. The van der Waals surface area contributed by atoms with Gasteiger partial charge in [-0.2, -0.15) is 0 Å². The third kappa shape index (κ3) is 3.55. The van der Waals surface area contributed by atoms with Crippen molar-refractivity contribution < 1.29 is 14.2 Å². The quantitative estimate of drug-likeness (QED) is 0.883. The number of benzene rings is 2. The van der Waals surface area contributed by atoms with Crippen LogP contribution in [0.5, 0.6) is 11.5 Å². The molecular formula is C20H25NO3. The van der Waals surface area contributed by atoms with E-state index in [9.17, 15) is 0 Å².